The minimum absolute atomic E-state index is 0.273. The average Bonchev–Trinajstić information content (AvgIpc) is 2.39. The van der Waals surface area contributed by atoms with Gasteiger partial charge in [0, 0.05) is 6.61 Å². The van der Waals surface area contributed by atoms with Gasteiger partial charge >= 0.3 is 0 Å². The number of ether oxygens (including phenoxy) is 1. The largest absolute Gasteiger partial charge is 0.375 e. The van der Waals surface area contributed by atoms with Crippen LogP contribution in [0.15, 0.2) is 0 Å². The van der Waals surface area contributed by atoms with Crippen molar-refractivity contribution in [3.8, 4) is 0 Å². The van der Waals surface area contributed by atoms with E-state index < -0.39 is 0 Å². The quantitative estimate of drug-likeness (QED) is 0.826. The fourth-order valence-corrected chi connectivity index (χ4v) is 4.03. The Labute approximate surface area is 113 Å². The molecule has 2 aliphatic rings. The van der Waals surface area contributed by atoms with Crippen molar-refractivity contribution in [3.63, 3.8) is 0 Å². The normalized spacial score (nSPS) is 31.2. The molecular formula is C16H31NO. The van der Waals surface area contributed by atoms with E-state index in [1.54, 1.807) is 0 Å². The van der Waals surface area contributed by atoms with Crippen molar-refractivity contribution >= 4 is 0 Å². The Balaban J connectivity index is 1.93. The van der Waals surface area contributed by atoms with Crippen LogP contribution in [0.4, 0.5) is 0 Å². The molecule has 0 radical (unpaired) electrons. The maximum atomic E-state index is 6.21. The second-order valence-electron chi connectivity index (χ2n) is 6.74. The summed E-state index contributed by atoms with van der Waals surface area (Å²) in [4.78, 5) is 0. The monoisotopic (exact) mass is 253 g/mol. The van der Waals surface area contributed by atoms with E-state index in [1.807, 2.05) is 0 Å². The molecular weight excluding hydrogens is 222 g/mol. The van der Waals surface area contributed by atoms with Crippen molar-refractivity contribution in [3.05, 3.63) is 0 Å². The number of rotatable bonds is 4. The third-order valence-electron chi connectivity index (χ3n) is 5.46. The Kier molecular flexibility index (Phi) is 5.08. The first-order chi connectivity index (χ1) is 8.67. The molecule has 1 saturated heterocycles. The van der Waals surface area contributed by atoms with Crippen LogP contribution in [0.3, 0.4) is 0 Å². The minimum Gasteiger partial charge on any atom is -0.375 e. The van der Waals surface area contributed by atoms with Crippen LogP contribution in [0.2, 0.25) is 0 Å². The summed E-state index contributed by atoms with van der Waals surface area (Å²) >= 11 is 0. The zero-order valence-electron chi connectivity index (χ0n) is 12.5. The maximum Gasteiger partial charge on any atom is 0.0685 e. The molecule has 3 unspecified atom stereocenters. The lowest BCUT2D eigenvalue weighted by atomic mass is 9.70. The van der Waals surface area contributed by atoms with Crippen LogP contribution in [0.25, 0.3) is 0 Å². The standard InChI is InChI=1S/C16H31NO/c1-13(12-17-3)14(2)15-7-10-18-16(11-15)8-5-4-6-9-16/h13-15,17H,4-12H2,1-3H3. The highest BCUT2D eigenvalue weighted by Crippen LogP contribution is 2.43. The molecule has 1 N–H and O–H groups in total. The first-order valence-electron chi connectivity index (χ1n) is 7.95. The van der Waals surface area contributed by atoms with Gasteiger partial charge in [0.2, 0.25) is 0 Å². The van der Waals surface area contributed by atoms with E-state index in [0.717, 1.165) is 30.9 Å². The van der Waals surface area contributed by atoms with Gasteiger partial charge in [-0.2, -0.15) is 0 Å². The summed E-state index contributed by atoms with van der Waals surface area (Å²) in [6.45, 7) is 6.99. The summed E-state index contributed by atoms with van der Waals surface area (Å²) in [5, 5.41) is 3.33. The highest BCUT2D eigenvalue weighted by Gasteiger charge is 2.40. The predicted octanol–water partition coefficient (Wildman–Crippen LogP) is 3.61. The zero-order valence-corrected chi connectivity index (χ0v) is 12.5. The number of hydrogen-bond acceptors (Lipinski definition) is 2. The van der Waals surface area contributed by atoms with Crippen LogP contribution in [-0.2, 0) is 4.74 Å². The summed E-state index contributed by atoms with van der Waals surface area (Å²) in [5.74, 6) is 2.47. The van der Waals surface area contributed by atoms with Crippen molar-refractivity contribution in [1.82, 2.24) is 5.32 Å². The lowest BCUT2D eigenvalue weighted by Crippen LogP contribution is -2.44. The Hall–Kier alpha value is -0.0800. The molecule has 2 rings (SSSR count). The average molecular weight is 253 g/mol. The Morgan fingerprint density at radius 3 is 2.61 bits per heavy atom. The molecule has 1 saturated carbocycles. The molecule has 2 heteroatoms. The smallest absolute Gasteiger partial charge is 0.0685 e. The van der Waals surface area contributed by atoms with Crippen molar-refractivity contribution in [2.75, 3.05) is 20.2 Å². The first-order valence-corrected chi connectivity index (χ1v) is 7.95. The van der Waals surface area contributed by atoms with Gasteiger partial charge in [0.1, 0.15) is 0 Å². The van der Waals surface area contributed by atoms with Gasteiger partial charge in [-0.15, -0.1) is 0 Å². The molecule has 0 bridgehead atoms. The van der Waals surface area contributed by atoms with E-state index in [4.69, 9.17) is 4.74 Å². The molecule has 0 aromatic carbocycles. The number of nitrogens with one attached hydrogen (secondary N) is 1. The topological polar surface area (TPSA) is 21.3 Å². The van der Waals surface area contributed by atoms with Crippen molar-refractivity contribution in [2.24, 2.45) is 17.8 Å². The Morgan fingerprint density at radius 1 is 1.22 bits per heavy atom. The van der Waals surface area contributed by atoms with E-state index in [-0.39, 0.29) is 5.60 Å². The third-order valence-corrected chi connectivity index (χ3v) is 5.46. The molecule has 1 aliphatic heterocycles. The van der Waals surface area contributed by atoms with E-state index in [2.05, 4.69) is 26.2 Å². The molecule has 2 nitrogen and oxygen atoms in total. The third kappa shape index (κ3) is 3.27. The van der Waals surface area contributed by atoms with Gasteiger partial charge < -0.3 is 10.1 Å². The second kappa shape index (κ2) is 6.38. The molecule has 3 atom stereocenters. The van der Waals surface area contributed by atoms with Crippen LogP contribution in [0, 0.1) is 17.8 Å². The highest BCUT2D eigenvalue weighted by molar-refractivity contribution is 4.91. The molecule has 0 aromatic heterocycles. The summed E-state index contributed by atoms with van der Waals surface area (Å²) in [7, 11) is 2.07. The zero-order chi connectivity index (χ0) is 13.0. The van der Waals surface area contributed by atoms with E-state index in [9.17, 15) is 0 Å². The van der Waals surface area contributed by atoms with Gasteiger partial charge in [0.25, 0.3) is 0 Å². The van der Waals surface area contributed by atoms with E-state index >= 15 is 0 Å². The Bertz CT molecular complexity index is 242. The lowest BCUT2D eigenvalue weighted by molar-refractivity contribution is -0.126. The van der Waals surface area contributed by atoms with Crippen molar-refractivity contribution < 1.29 is 4.74 Å². The van der Waals surface area contributed by atoms with E-state index in [1.165, 1.54) is 44.9 Å². The fraction of sp³-hybridized carbons (Fsp3) is 1.00. The maximum absolute atomic E-state index is 6.21. The molecule has 1 heterocycles. The Morgan fingerprint density at radius 2 is 1.94 bits per heavy atom. The van der Waals surface area contributed by atoms with Gasteiger partial charge in [-0.1, -0.05) is 33.1 Å². The SMILES string of the molecule is CNCC(C)C(C)C1CCOC2(CCCCC2)C1. The first kappa shape index (κ1) is 14.3. The minimum atomic E-state index is 0.273. The van der Waals surface area contributed by atoms with Crippen LogP contribution >= 0.6 is 0 Å². The van der Waals surface area contributed by atoms with Crippen LogP contribution < -0.4 is 5.32 Å². The van der Waals surface area contributed by atoms with Gasteiger partial charge in [0.05, 0.1) is 5.60 Å². The summed E-state index contributed by atoms with van der Waals surface area (Å²) < 4.78 is 6.21. The van der Waals surface area contributed by atoms with Gasteiger partial charge in [-0.3, -0.25) is 0 Å². The lowest BCUT2D eigenvalue weighted by Gasteiger charge is -2.46. The molecule has 1 aliphatic carbocycles. The van der Waals surface area contributed by atoms with Gasteiger partial charge in [-0.25, -0.2) is 0 Å². The molecule has 2 fully saturated rings. The van der Waals surface area contributed by atoms with Crippen molar-refractivity contribution in [2.45, 2.75) is 64.4 Å². The van der Waals surface area contributed by atoms with Gasteiger partial charge in [0.15, 0.2) is 0 Å². The molecule has 1 spiro atoms. The summed E-state index contributed by atoms with van der Waals surface area (Å²) in [6, 6.07) is 0. The van der Waals surface area contributed by atoms with Crippen LogP contribution in [-0.4, -0.2) is 25.8 Å². The van der Waals surface area contributed by atoms with Crippen LogP contribution in [0.1, 0.15) is 58.8 Å². The van der Waals surface area contributed by atoms with Gasteiger partial charge in [-0.05, 0) is 57.0 Å². The van der Waals surface area contributed by atoms with E-state index in [0.29, 0.717) is 0 Å². The molecule has 0 amide bonds. The highest BCUT2D eigenvalue weighted by atomic mass is 16.5. The molecule has 18 heavy (non-hydrogen) atoms. The van der Waals surface area contributed by atoms with Crippen molar-refractivity contribution in [1.29, 1.82) is 0 Å². The summed E-state index contributed by atoms with van der Waals surface area (Å²) in [5.41, 5.74) is 0.273. The fourth-order valence-electron chi connectivity index (χ4n) is 4.03. The molecule has 0 aromatic rings. The second-order valence-corrected chi connectivity index (χ2v) is 6.74. The predicted molar refractivity (Wildman–Crippen MR) is 76.7 cm³/mol. The number of hydrogen-bond donors (Lipinski definition) is 1. The molecule has 106 valence electrons. The summed E-state index contributed by atoms with van der Waals surface area (Å²) in [6.07, 6.45) is 9.41. The van der Waals surface area contributed by atoms with Crippen LogP contribution in [0.5, 0.6) is 0 Å².